The molecule has 0 aliphatic carbocycles. The molecular weight excluding hydrogens is 266 g/mol. The molecule has 0 bridgehead atoms. The molecule has 1 amide bonds. The highest BCUT2D eigenvalue weighted by Gasteiger charge is 2.12. The van der Waals surface area contributed by atoms with Gasteiger partial charge in [-0.15, -0.1) is 0 Å². The summed E-state index contributed by atoms with van der Waals surface area (Å²) in [6, 6.07) is 5.92. The minimum absolute atomic E-state index is 0.226. The number of anilines is 1. The van der Waals surface area contributed by atoms with Crippen LogP contribution in [0.25, 0.3) is 0 Å². The highest BCUT2D eigenvalue weighted by molar-refractivity contribution is 7.88. The van der Waals surface area contributed by atoms with Crippen LogP contribution in [-0.4, -0.2) is 20.4 Å². The van der Waals surface area contributed by atoms with Gasteiger partial charge in [-0.2, -0.15) is 0 Å². The molecule has 19 heavy (non-hydrogen) atoms. The minimum Gasteiger partial charge on any atom is -0.325 e. The number of hydrogen-bond acceptors (Lipinski definition) is 4. The number of nitrogens with two attached hydrogens (primary N) is 2. The Bertz CT molecular complexity index is 526. The second-order valence-electron chi connectivity index (χ2n) is 4.39. The number of benzene rings is 1. The van der Waals surface area contributed by atoms with Crippen LogP contribution in [0.4, 0.5) is 5.69 Å². The van der Waals surface area contributed by atoms with Crippen molar-refractivity contribution in [3.05, 3.63) is 29.8 Å². The van der Waals surface area contributed by atoms with E-state index in [2.05, 4.69) is 5.32 Å². The number of carbonyl (C=O) groups is 1. The zero-order valence-corrected chi connectivity index (χ0v) is 11.6. The van der Waals surface area contributed by atoms with E-state index in [0.717, 1.165) is 6.42 Å². The summed E-state index contributed by atoms with van der Waals surface area (Å²) in [6.07, 6.45) is 1.46. The van der Waals surface area contributed by atoms with Gasteiger partial charge in [0.2, 0.25) is 15.9 Å². The summed E-state index contributed by atoms with van der Waals surface area (Å²) in [5.41, 5.74) is 6.83. The number of nitrogens with one attached hydrogen (secondary N) is 1. The van der Waals surface area contributed by atoms with Gasteiger partial charge in [0.05, 0.1) is 11.8 Å². The molecule has 1 rings (SSSR count). The molecule has 1 aromatic carbocycles. The molecule has 1 aromatic rings. The number of carbonyl (C=O) groups excluding carboxylic acids is 1. The molecule has 7 heteroatoms. The molecule has 0 heterocycles. The van der Waals surface area contributed by atoms with Crippen LogP contribution in [0.5, 0.6) is 0 Å². The van der Waals surface area contributed by atoms with E-state index in [0.29, 0.717) is 17.7 Å². The molecule has 0 radical (unpaired) electrons. The highest BCUT2D eigenvalue weighted by Crippen LogP contribution is 2.11. The van der Waals surface area contributed by atoms with Gasteiger partial charge in [0.1, 0.15) is 0 Å². The molecule has 0 spiro atoms. The third-order valence-electron chi connectivity index (χ3n) is 2.53. The highest BCUT2D eigenvalue weighted by atomic mass is 32.2. The summed E-state index contributed by atoms with van der Waals surface area (Å²) in [7, 11) is -3.54. The van der Waals surface area contributed by atoms with Crippen molar-refractivity contribution in [1.29, 1.82) is 0 Å². The van der Waals surface area contributed by atoms with Crippen molar-refractivity contribution < 1.29 is 13.2 Å². The number of amides is 1. The topological polar surface area (TPSA) is 115 Å². The van der Waals surface area contributed by atoms with Crippen LogP contribution in [0.15, 0.2) is 24.3 Å². The van der Waals surface area contributed by atoms with Gasteiger partial charge in [0.25, 0.3) is 0 Å². The lowest BCUT2D eigenvalue weighted by Crippen LogP contribution is -2.35. The molecule has 0 fully saturated rings. The third kappa shape index (κ3) is 5.82. The van der Waals surface area contributed by atoms with Gasteiger partial charge < -0.3 is 11.1 Å². The standard InChI is InChI=1S/C12H19N3O3S/c1-2-3-11(13)12(16)15-10-6-4-9(5-7-10)8-19(14,17)18/h4-7,11H,2-3,8,13H2,1H3,(H,15,16)(H2,14,17,18)/t11-/m1/s1. The summed E-state index contributed by atoms with van der Waals surface area (Å²) < 4.78 is 21.8. The Hall–Kier alpha value is -1.44. The van der Waals surface area contributed by atoms with Crippen LogP contribution >= 0.6 is 0 Å². The van der Waals surface area contributed by atoms with E-state index in [1.165, 1.54) is 0 Å². The van der Waals surface area contributed by atoms with Crippen LogP contribution in [0.2, 0.25) is 0 Å². The molecule has 0 unspecified atom stereocenters. The van der Waals surface area contributed by atoms with Gasteiger partial charge in [0, 0.05) is 5.69 Å². The molecule has 0 saturated carbocycles. The largest absolute Gasteiger partial charge is 0.325 e. The Labute approximate surface area is 113 Å². The molecule has 0 aromatic heterocycles. The zero-order chi connectivity index (χ0) is 14.5. The lowest BCUT2D eigenvalue weighted by Gasteiger charge is -2.11. The average Bonchev–Trinajstić information content (AvgIpc) is 2.30. The van der Waals surface area contributed by atoms with E-state index in [4.69, 9.17) is 10.9 Å². The summed E-state index contributed by atoms with van der Waals surface area (Å²) in [6.45, 7) is 1.95. The van der Waals surface area contributed by atoms with E-state index in [9.17, 15) is 13.2 Å². The van der Waals surface area contributed by atoms with Crippen LogP contribution in [0, 0.1) is 0 Å². The fraction of sp³-hybridized carbons (Fsp3) is 0.417. The molecule has 0 saturated heterocycles. The third-order valence-corrected chi connectivity index (χ3v) is 3.26. The Morgan fingerprint density at radius 1 is 1.32 bits per heavy atom. The van der Waals surface area contributed by atoms with Gasteiger partial charge in [0.15, 0.2) is 0 Å². The molecule has 1 atom stereocenters. The summed E-state index contributed by atoms with van der Waals surface area (Å²) in [5.74, 6) is -0.475. The maximum absolute atomic E-state index is 11.7. The van der Waals surface area contributed by atoms with Crippen molar-refractivity contribution in [2.45, 2.75) is 31.6 Å². The van der Waals surface area contributed by atoms with Crippen LogP contribution < -0.4 is 16.2 Å². The Morgan fingerprint density at radius 3 is 2.37 bits per heavy atom. The predicted octanol–water partition coefficient (Wildman–Crippen LogP) is 0.541. The van der Waals surface area contributed by atoms with Gasteiger partial charge in [-0.05, 0) is 24.1 Å². The van der Waals surface area contributed by atoms with Crippen molar-refractivity contribution in [2.75, 3.05) is 5.32 Å². The van der Waals surface area contributed by atoms with Crippen molar-refractivity contribution >= 4 is 21.6 Å². The second-order valence-corrected chi connectivity index (χ2v) is 6.00. The van der Waals surface area contributed by atoms with Crippen molar-refractivity contribution in [1.82, 2.24) is 0 Å². The van der Waals surface area contributed by atoms with Crippen molar-refractivity contribution in [2.24, 2.45) is 10.9 Å². The van der Waals surface area contributed by atoms with Crippen LogP contribution in [-0.2, 0) is 20.6 Å². The fourth-order valence-electron chi connectivity index (χ4n) is 1.59. The van der Waals surface area contributed by atoms with E-state index >= 15 is 0 Å². The number of rotatable bonds is 6. The van der Waals surface area contributed by atoms with Crippen molar-refractivity contribution in [3.63, 3.8) is 0 Å². The Balaban J connectivity index is 2.64. The Morgan fingerprint density at radius 2 is 1.89 bits per heavy atom. The molecular formula is C12H19N3O3S. The quantitative estimate of drug-likeness (QED) is 0.707. The molecule has 0 aliphatic rings. The number of primary sulfonamides is 1. The molecule has 0 aliphatic heterocycles. The van der Waals surface area contributed by atoms with E-state index in [1.807, 2.05) is 6.92 Å². The zero-order valence-electron chi connectivity index (χ0n) is 10.8. The summed E-state index contributed by atoms with van der Waals surface area (Å²) in [5, 5.41) is 7.62. The minimum atomic E-state index is -3.54. The molecule has 6 nitrogen and oxygen atoms in total. The average molecular weight is 285 g/mol. The number of hydrogen-bond donors (Lipinski definition) is 3. The lowest BCUT2D eigenvalue weighted by molar-refractivity contribution is -0.117. The smallest absolute Gasteiger partial charge is 0.241 e. The normalized spacial score (nSPS) is 13.0. The molecule has 106 valence electrons. The van der Waals surface area contributed by atoms with Crippen molar-refractivity contribution in [3.8, 4) is 0 Å². The monoisotopic (exact) mass is 285 g/mol. The maximum atomic E-state index is 11.7. The fourth-order valence-corrected chi connectivity index (χ4v) is 2.25. The first-order valence-electron chi connectivity index (χ1n) is 5.97. The lowest BCUT2D eigenvalue weighted by atomic mass is 10.1. The first-order valence-corrected chi connectivity index (χ1v) is 7.69. The van der Waals surface area contributed by atoms with E-state index < -0.39 is 16.1 Å². The van der Waals surface area contributed by atoms with E-state index in [-0.39, 0.29) is 11.7 Å². The summed E-state index contributed by atoms with van der Waals surface area (Å²) in [4.78, 5) is 11.7. The van der Waals surface area contributed by atoms with Gasteiger partial charge in [-0.1, -0.05) is 25.5 Å². The maximum Gasteiger partial charge on any atom is 0.241 e. The van der Waals surface area contributed by atoms with Crippen LogP contribution in [0.3, 0.4) is 0 Å². The van der Waals surface area contributed by atoms with Gasteiger partial charge >= 0.3 is 0 Å². The van der Waals surface area contributed by atoms with E-state index in [1.54, 1.807) is 24.3 Å². The van der Waals surface area contributed by atoms with Crippen LogP contribution in [0.1, 0.15) is 25.3 Å². The first kappa shape index (κ1) is 15.6. The second kappa shape index (κ2) is 6.65. The van der Waals surface area contributed by atoms with Gasteiger partial charge in [-0.25, -0.2) is 13.6 Å². The molecule has 5 N–H and O–H groups in total. The summed E-state index contributed by atoms with van der Waals surface area (Å²) >= 11 is 0. The van der Waals surface area contributed by atoms with Gasteiger partial charge in [-0.3, -0.25) is 4.79 Å². The number of sulfonamides is 1. The Kier molecular flexibility index (Phi) is 5.46. The first-order chi connectivity index (χ1) is 8.81. The SMILES string of the molecule is CCC[C@@H](N)C(=O)Nc1ccc(CS(N)(=O)=O)cc1. The predicted molar refractivity (Wildman–Crippen MR) is 74.8 cm³/mol.